The lowest BCUT2D eigenvalue weighted by atomic mass is 9.95. The summed E-state index contributed by atoms with van der Waals surface area (Å²) in [6, 6.07) is 4.51. The number of ether oxygens (including phenoxy) is 3. The van der Waals surface area contributed by atoms with Gasteiger partial charge in [-0.25, -0.2) is 14.5 Å². The lowest BCUT2D eigenvalue weighted by molar-refractivity contribution is -0.133. The number of Topliss-reactive ketones (excluding diaryl/α,β-unsaturated/α-hetero) is 1. The Labute approximate surface area is 235 Å². The second-order valence-corrected chi connectivity index (χ2v) is 10.0. The van der Waals surface area contributed by atoms with E-state index in [4.69, 9.17) is 9.47 Å². The van der Waals surface area contributed by atoms with Crippen molar-refractivity contribution in [2.45, 2.75) is 45.2 Å². The fraction of sp³-hybridized carbons (Fsp3) is 0.481. The average Bonchev–Trinajstić information content (AvgIpc) is 3.54. The van der Waals surface area contributed by atoms with Crippen molar-refractivity contribution in [3.05, 3.63) is 30.0 Å². The number of nitrogens with zero attached hydrogens (tertiary/aromatic N) is 1. The molecule has 14 nitrogen and oxygen atoms in total. The van der Waals surface area contributed by atoms with Crippen molar-refractivity contribution < 1.29 is 48.1 Å². The molecule has 1 aromatic carbocycles. The molecule has 1 aliphatic rings. The number of hydrogen-bond donors (Lipinski definition) is 4. The molecule has 1 aromatic heterocycles. The highest BCUT2D eigenvalue weighted by Crippen LogP contribution is 2.26. The Morgan fingerprint density at radius 1 is 1.12 bits per heavy atom. The van der Waals surface area contributed by atoms with E-state index in [1.54, 1.807) is 24.3 Å². The molecule has 1 fully saturated rings. The molecular formula is C27H34N4O10. The zero-order chi connectivity index (χ0) is 30.3. The Bertz CT molecular complexity index is 1320. The van der Waals surface area contributed by atoms with Crippen molar-refractivity contribution in [2.75, 3.05) is 27.4 Å². The third-order valence-electron chi connectivity index (χ3n) is 6.69. The van der Waals surface area contributed by atoms with Gasteiger partial charge < -0.3 is 34.9 Å². The molecule has 1 saturated heterocycles. The first-order chi connectivity index (χ1) is 19.4. The van der Waals surface area contributed by atoms with Crippen molar-refractivity contribution in [1.82, 2.24) is 20.5 Å². The number of aromatic amines is 1. The molecule has 0 bridgehead atoms. The lowest BCUT2D eigenvalue weighted by Gasteiger charge is -2.25. The fourth-order valence-corrected chi connectivity index (χ4v) is 4.63. The van der Waals surface area contributed by atoms with Gasteiger partial charge in [0.2, 0.25) is 11.8 Å². The van der Waals surface area contributed by atoms with Crippen molar-refractivity contribution in [2.24, 2.45) is 11.8 Å². The number of methoxy groups -OCH3 is 2. The maximum atomic E-state index is 13.4. The van der Waals surface area contributed by atoms with Crippen LogP contribution in [-0.2, 0) is 23.9 Å². The minimum Gasteiger partial charge on any atom is -0.496 e. The third-order valence-corrected chi connectivity index (χ3v) is 6.69. The first-order valence-electron chi connectivity index (χ1n) is 13.0. The summed E-state index contributed by atoms with van der Waals surface area (Å²) in [5.41, 5.74) is 0.850. The molecule has 41 heavy (non-hydrogen) atoms. The van der Waals surface area contributed by atoms with E-state index >= 15 is 0 Å². The van der Waals surface area contributed by atoms with E-state index in [1.165, 1.54) is 7.11 Å². The van der Waals surface area contributed by atoms with Gasteiger partial charge in [-0.3, -0.25) is 19.2 Å². The van der Waals surface area contributed by atoms with Crippen LogP contribution in [0.15, 0.2) is 24.3 Å². The maximum absolute atomic E-state index is 13.4. The molecule has 2 unspecified atom stereocenters. The van der Waals surface area contributed by atoms with Crippen LogP contribution in [0.4, 0.5) is 9.59 Å². The number of imide groups is 1. The van der Waals surface area contributed by atoms with Crippen LogP contribution in [-0.4, -0.2) is 90.2 Å². The highest BCUT2D eigenvalue weighted by Gasteiger charge is 2.39. The Morgan fingerprint density at radius 2 is 1.85 bits per heavy atom. The van der Waals surface area contributed by atoms with Crippen LogP contribution >= 0.6 is 0 Å². The number of carbonyl (C=O) groups excluding carboxylic acids is 5. The van der Waals surface area contributed by atoms with E-state index in [-0.39, 0.29) is 37.4 Å². The normalized spacial score (nSPS) is 16.3. The van der Waals surface area contributed by atoms with Gasteiger partial charge in [0.05, 0.1) is 20.3 Å². The van der Waals surface area contributed by atoms with E-state index in [1.807, 2.05) is 13.8 Å². The largest absolute Gasteiger partial charge is 0.508 e. The van der Waals surface area contributed by atoms with Crippen LogP contribution in [0.25, 0.3) is 10.9 Å². The maximum Gasteiger partial charge on any atom is 0.508 e. The number of amides is 4. The van der Waals surface area contributed by atoms with Crippen LogP contribution in [0, 0.1) is 11.8 Å². The van der Waals surface area contributed by atoms with Crippen LogP contribution in [0.1, 0.15) is 43.6 Å². The lowest BCUT2D eigenvalue weighted by Crippen LogP contribution is -2.53. The molecule has 2 heterocycles. The van der Waals surface area contributed by atoms with E-state index in [9.17, 15) is 33.9 Å². The zero-order valence-electron chi connectivity index (χ0n) is 23.2. The summed E-state index contributed by atoms with van der Waals surface area (Å²) in [5, 5.41) is 15.2. The Balaban J connectivity index is 1.79. The summed E-state index contributed by atoms with van der Waals surface area (Å²) in [6.45, 7) is 2.91. The molecule has 4 amide bonds. The number of hydrogen-bond acceptors (Lipinski definition) is 9. The summed E-state index contributed by atoms with van der Waals surface area (Å²) in [7, 11) is 2.57. The molecule has 14 heteroatoms. The summed E-state index contributed by atoms with van der Waals surface area (Å²) >= 11 is 0. The number of rotatable bonds is 12. The summed E-state index contributed by atoms with van der Waals surface area (Å²) in [4.78, 5) is 78.5. The molecule has 0 aliphatic carbocycles. The number of ketones is 1. The Hall–Kier alpha value is -4.62. The number of carbonyl (C=O) groups is 6. The highest BCUT2D eigenvalue weighted by atomic mass is 16.7. The second kappa shape index (κ2) is 13.6. The van der Waals surface area contributed by atoms with Gasteiger partial charge in [-0.1, -0.05) is 19.9 Å². The van der Waals surface area contributed by atoms with Crippen LogP contribution in [0.2, 0.25) is 0 Å². The minimum absolute atomic E-state index is 0.0359. The number of aromatic nitrogens is 1. The number of nitrogens with one attached hydrogen (secondary N) is 3. The van der Waals surface area contributed by atoms with Crippen molar-refractivity contribution >= 4 is 46.7 Å². The van der Waals surface area contributed by atoms with Crippen LogP contribution in [0.5, 0.6) is 5.75 Å². The van der Waals surface area contributed by atoms with Gasteiger partial charge in [0.25, 0.3) is 5.91 Å². The monoisotopic (exact) mass is 574 g/mol. The van der Waals surface area contributed by atoms with Crippen LogP contribution in [0.3, 0.4) is 0 Å². The Morgan fingerprint density at radius 3 is 2.46 bits per heavy atom. The van der Waals surface area contributed by atoms with Gasteiger partial charge in [0.15, 0.2) is 12.4 Å². The van der Waals surface area contributed by atoms with E-state index < -0.39 is 60.4 Å². The molecule has 0 radical (unpaired) electrons. The number of carboxylic acid groups (broad SMARTS) is 1. The summed E-state index contributed by atoms with van der Waals surface area (Å²) < 4.78 is 14.4. The van der Waals surface area contributed by atoms with E-state index in [2.05, 4.69) is 20.4 Å². The van der Waals surface area contributed by atoms with Crippen LogP contribution < -0.4 is 15.4 Å². The molecule has 3 atom stereocenters. The van der Waals surface area contributed by atoms with Crippen molar-refractivity contribution in [3.63, 3.8) is 0 Å². The van der Waals surface area contributed by atoms with Gasteiger partial charge in [-0.2, -0.15) is 0 Å². The molecule has 2 aromatic rings. The van der Waals surface area contributed by atoms with Crippen molar-refractivity contribution in [3.8, 4) is 5.75 Å². The van der Waals surface area contributed by atoms with Gasteiger partial charge in [-0.15, -0.1) is 0 Å². The van der Waals surface area contributed by atoms with Gasteiger partial charge >= 0.3 is 12.2 Å². The van der Waals surface area contributed by atoms with E-state index in [0.717, 1.165) is 7.11 Å². The molecular weight excluding hydrogens is 540 g/mol. The molecule has 4 N–H and O–H groups in total. The number of H-pyrrole nitrogens is 1. The average molecular weight is 575 g/mol. The minimum atomic E-state index is -1.41. The van der Waals surface area contributed by atoms with Gasteiger partial charge in [0, 0.05) is 23.4 Å². The molecule has 222 valence electrons. The zero-order valence-corrected chi connectivity index (χ0v) is 23.2. The van der Waals surface area contributed by atoms with Gasteiger partial charge in [-0.05, 0) is 43.4 Å². The molecule has 0 spiro atoms. The highest BCUT2D eigenvalue weighted by molar-refractivity contribution is 6.02. The van der Waals surface area contributed by atoms with Crippen molar-refractivity contribution in [1.29, 1.82) is 0 Å². The Kier molecular flexibility index (Phi) is 10.3. The summed E-state index contributed by atoms with van der Waals surface area (Å²) in [6.07, 6.45) is -2.37. The van der Waals surface area contributed by atoms with Gasteiger partial charge in [0.1, 0.15) is 17.5 Å². The first kappa shape index (κ1) is 30.9. The number of benzene rings is 1. The smallest absolute Gasteiger partial charge is 0.496 e. The predicted molar refractivity (Wildman–Crippen MR) is 143 cm³/mol. The molecule has 3 rings (SSSR count). The number of fused-ring (bicyclic) bond motifs is 1. The second-order valence-electron chi connectivity index (χ2n) is 10.0. The van der Waals surface area contributed by atoms with E-state index in [0.29, 0.717) is 21.6 Å². The SMILES string of the molecule is COC(=O)OCC(=O)C(C[C@@H]1CCN(C(=O)O)C1=O)NC(=O)C(CC(C)C)NC(=O)c1cc2c(OC)cccc2[nH]1. The topological polar surface area (TPSA) is 193 Å². The third kappa shape index (κ3) is 7.74. The fourth-order valence-electron chi connectivity index (χ4n) is 4.63. The predicted octanol–water partition coefficient (Wildman–Crippen LogP) is 2.07. The standard InChI is InChI=1S/C27H34N4O10/c1-14(2)10-19(30-24(34)20-12-16-17(28-20)6-5-7-22(16)39-3)23(33)29-18(21(32)13-41-27(38)40-4)11-15-8-9-31(25(15)35)26(36)37/h5-7,12,14-15,18-19,28H,8-11,13H2,1-4H3,(H,29,33)(H,30,34)(H,36,37)/t15-,18?,19?/m0/s1. The number of likely N-dealkylation sites (tertiary alicyclic amines) is 1. The quantitative estimate of drug-likeness (QED) is 0.273. The molecule has 0 saturated carbocycles. The summed E-state index contributed by atoms with van der Waals surface area (Å²) in [5.74, 6) is -3.03. The molecule has 1 aliphatic heterocycles. The first-order valence-corrected chi connectivity index (χ1v) is 13.0.